The molecule has 31 heavy (non-hydrogen) atoms. The van der Waals surface area contributed by atoms with Gasteiger partial charge in [0.2, 0.25) is 5.95 Å². The average Bonchev–Trinajstić information content (AvgIpc) is 3.17. The lowest BCUT2D eigenvalue weighted by molar-refractivity contribution is 0.262. The second kappa shape index (κ2) is 8.66. The number of amides is 2. The highest BCUT2D eigenvalue weighted by Crippen LogP contribution is 2.23. The van der Waals surface area contributed by atoms with E-state index in [0.29, 0.717) is 29.3 Å². The van der Waals surface area contributed by atoms with E-state index in [-0.39, 0.29) is 11.5 Å². The average molecular weight is 414 g/mol. The van der Waals surface area contributed by atoms with Crippen LogP contribution in [0.15, 0.2) is 71.5 Å². The van der Waals surface area contributed by atoms with Crippen LogP contribution in [0.3, 0.4) is 0 Å². The molecule has 8 heteroatoms. The van der Waals surface area contributed by atoms with Gasteiger partial charge in [0.15, 0.2) is 0 Å². The fourth-order valence-corrected chi connectivity index (χ4v) is 3.16. The molecule has 2 aromatic heterocycles. The predicted octanol–water partition coefficient (Wildman–Crippen LogP) is 4.14. The molecule has 0 unspecified atom stereocenters. The minimum Gasteiger partial charge on any atom is -0.308 e. The molecule has 0 aliphatic carbocycles. The minimum absolute atomic E-state index is 0.234. The molecule has 2 aromatic carbocycles. The predicted molar refractivity (Wildman–Crippen MR) is 121 cm³/mol. The summed E-state index contributed by atoms with van der Waals surface area (Å²) in [5, 5.41) is 10.2. The molecule has 2 amide bonds. The highest BCUT2D eigenvalue weighted by molar-refractivity contribution is 5.99. The van der Waals surface area contributed by atoms with E-state index in [0.717, 1.165) is 11.1 Å². The topological polar surface area (TPSA) is 105 Å². The van der Waals surface area contributed by atoms with Gasteiger partial charge in [-0.25, -0.2) is 9.78 Å². The van der Waals surface area contributed by atoms with Crippen molar-refractivity contribution in [2.45, 2.75) is 20.3 Å². The van der Waals surface area contributed by atoms with E-state index < -0.39 is 6.03 Å². The monoisotopic (exact) mass is 414 g/mol. The number of aromatic nitrogens is 4. The van der Waals surface area contributed by atoms with Crippen molar-refractivity contribution in [3.8, 4) is 17.2 Å². The van der Waals surface area contributed by atoms with E-state index in [1.165, 1.54) is 10.7 Å². The lowest BCUT2D eigenvalue weighted by Gasteiger charge is -2.10. The maximum absolute atomic E-state index is 12.7. The molecule has 0 saturated carbocycles. The molecule has 0 aliphatic heterocycles. The fourth-order valence-electron chi connectivity index (χ4n) is 3.16. The van der Waals surface area contributed by atoms with Crippen molar-refractivity contribution in [3.05, 3.63) is 88.3 Å². The number of urea groups is 1. The van der Waals surface area contributed by atoms with Gasteiger partial charge in [-0.3, -0.25) is 15.1 Å². The zero-order chi connectivity index (χ0) is 21.8. The van der Waals surface area contributed by atoms with Crippen LogP contribution in [0, 0.1) is 6.92 Å². The van der Waals surface area contributed by atoms with Crippen LogP contribution in [0.25, 0.3) is 17.2 Å². The maximum Gasteiger partial charge on any atom is 0.324 e. The van der Waals surface area contributed by atoms with Gasteiger partial charge in [0, 0.05) is 29.1 Å². The second-order valence-corrected chi connectivity index (χ2v) is 7.06. The number of hydrogen-bond donors (Lipinski definition) is 3. The van der Waals surface area contributed by atoms with Crippen LogP contribution in [-0.4, -0.2) is 25.8 Å². The quantitative estimate of drug-likeness (QED) is 0.456. The number of nitrogens with zero attached hydrogens (tertiary/aromatic N) is 3. The lowest BCUT2D eigenvalue weighted by Crippen LogP contribution is -2.23. The number of carbonyl (C=O) groups excluding carboxylic acids is 1. The van der Waals surface area contributed by atoms with Crippen molar-refractivity contribution in [1.29, 1.82) is 0 Å². The van der Waals surface area contributed by atoms with Crippen LogP contribution in [0.2, 0.25) is 0 Å². The van der Waals surface area contributed by atoms with Crippen LogP contribution >= 0.6 is 0 Å². The van der Waals surface area contributed by atoms with Gasteiger partial charge in [0.1, 0.15) is 5.82 Å². The van der Waals surface area contributed by atoms with Crippen molar-refractivity contribution in [1.82, 2.24) is 19.7 Å². The summed E-state index contributed by atoms with van der Waals surface area (Å²) in [6.45, 7) is 3.87. The number of H-pyrrole nitrogens is 1. The molecule has 0 atom stereocenters. The number of aryl methyl sites for hydroxylation is 2. The highest BCUT2D eigenvalue weighted by Gasteiger charge is 2.16. The largest absolute Gasteiger partial charge is 0.324 e. The molecule has 4 rings (SSSR count). The number of carbonyl (C=O) groups is 1. The summed E-state index contributed by atoms with van der Waals surface area (Å²) in [4.78, 5) is 31.9. The number of hydrogen-bond acceptors (Lipinski definition) is 4. The number of anilines is 2. The molecular weight excluding hydrogens is 392 g/mol. The van der Waals surface area contributed by atoms with Gasteiger partial charge in [-0.15, -0.1) is 0 Å². The van der Waals surface area contributed by atoms with Gasteiger partial charge in [-0.2, -0.15) is 9.78 Å². The van der Waals surface area contributed by atoms with Gasteiger partial charge in [-0.05, 0) is 31.0 Å². The molecular formula is C23H22N6O2. The zero-order valence-electron chi connectivity index (χ0n) is 17.2. The Morgan fingerprint density at radius 3 is 2.58 bits per heavy atom. The molecule has 0 fully saturated rings. The first kappa shape index (κ1) is 20.1. The van der Waals surface area contributed by atoms with E-state index in [1.807, 2.05) is 68.4 Å². The summed E-state index contributed by atoms with van der Waals surface area (Å²) in [6, 6.07) is 19.8. The first-order valence-corrected chi connectivity index (χ1v) is 9.92. The Kier molecular flexibility index (Phi) is 5.61. The summed E-state index contributed by atoms with van der Waals surface area (Å²) in [6.07, 6.45) is 0.598. The lowest BCUT2D eigenvalue weighted by atomic mass is 10.2. The number of benzene rings is 2. The molecule has 2 heterocycles. The molecule has 3 N–H and O–H groups in total. The number of nitrogens with one attached hydrogen (secondary N) is 3. The van der Waals surface area contributed by atoms with Gasteiger partial charge in [0.05, 0.1) is 5.69 Å². The zero-order valence-corrected chi connectivity index (χ0v) is 17.2. The standard InChI is InChI=1S/C23H22N6O2/c1-3-17-13-21(30)27-22(24-17)29-20(14-19(28-29)16-9-5-4-6-10-16)26-23(31)25-18-11-7-8-15(2)12-18/h4-14H,3H2,1-2H3,(H,24,27,30)(H2,25,26,31). The smallest absolute Gasteiger partial charge is 0.308 e. The van der Waals surface area contributed by atoms with E-state index in [1.54, 1.807) is 6.07 Å². The van der Waals surface area contributed by atoms with Crippen molar-refractivity contribution in [3.63, 3.8) is 0 Å². The SMILES string of the molecule is CCc1cc(=O)[nH]c(-n2nc(-c3ccccc3)cc2NC(=O)Nc2cccc(C)c2)n1. The Morgan fingerprint density at radius 1 is 1.03 bits per heavy atom. The molecule has 156 valence electrons. The van der Waals surface area contributed by atoms with Crippen LogP contribution in [-0.2, 0) is 6.42 Å². The Labute approximate surface area is 179 Å². The van der Waals surface area contributed by atoms with Crippen molar-refractivity contribution < 1.29 is 4.79 Å². The van der Waals surface area contributed by atoms with Crippen molar-refractivity contribution >= 4 is 17.5 Å². The Balaban J connectivity index is 1.71. The van der Waals surface area contributed by atoms with E-state index in [2.05, 4.69) is 25.7 Å². The van der Waals surface area contributed by atoms with Crippen LogP contribution < -0.4 is 16.2 Å². The fraction of sp³-hybridized carbons (Fsp3) is 0.130. The molecule has 0 radical (unpaired) electrons. The normalized spacial score (nSPS) is 10.6. The molecule has 0 aliphatic rings. The minimum atomic E-state index is -0.430. The summed E-state index contributed by atoms with van der Waals surface area (Å²) in [5.74, 6) is 0.609. The molecule has 8 nitrogen and oxygen atoms in total. The third kappa shape index (κ3) is 4.69. The van der Waals surface area contributed by atoms with Crippen molar-refractivity contribution in [2.75, 3.05) is 10.6 Å². The number of aromatic amines is 1. The molecule has 0 spiro atoms. The summed E-state index contributed by atoms with van der Waals surface area (Å²) in [7, 11) is 0. The first-order valence-electron chi connectivity index (χ1n) is 9.92. The first-order chi connectivity index (χ1) is 15.0. The van der Waals surface area contributed by atoms with Gasteiger partial charge in [0.25, 0.3) is 5.56 Å². The third-order valence-corrected chi connectivity index (χ3v) is 4.64. The highest BCUT2D eigenvalue weighted by atomic mass is 16.2. The second-order valence-electron chi connectivity index (χ2n) is 7.06. The summed E-state index contributed by atoms with van der Waals surface area (Å²) < 4.78 is 1.43. The number of rotatable bonds is 5. The molecule has 4 aromatic rings. The van der Waals surface area contributed by atoms with E-state index >= 15 is 0 Å². The maximum atomic E-state index is 12.7. The summed E-state index contributed by atoms with van der Waals surface area (Å²) >= 11 is 0. The van der Waals surface area contributed by atoms with Gasteiger partial charge >= 0.3 is 6.03 Å². The van der Waals surface area contributed by atoms with Gasteiger partial charge in [-0.1, -0.05) is 49.4 Å². The third-order valence-electron chi connectivity index (χ3n) is 4.64. The van der Waals surface area contributed by atoms with Gasteiger partial charge < -0.3 is 5.32 Å². The van der Waals surface area contributed by atoms with Crippen LogP contribution in [0.4, 0.5) is 16.3 Å². The summed E-state index contributed by atoms with van der Waals surface area (Å²) in [5.41, 5.74) is 3.56. The molecule has 0 saturated heterocycles. The molecule has 0 bridgehead atoms. The Morgan fingerprint density at radius 2 is 1.84 bits per heavy atom. The van der Waals surface area contributed by atoms with E-state index in [9.17, 15) is 9.59 Å². The van der Waals surface area contributed by atoms with Crippen LogP contribution in [0.5, 0.6) is 0 Å². The Hall–Kier alpha value is -4.20. The van der Waals surface area contributed by atoms with Crippen LogP contribution in [0.1, 0.15) is 18.2 Å². The van der Waals surface area contributed by atoms with Crippen molar-refractivity contribution in [2.24, 2.45) is 0 Å². The van der Waals surface area contributed by atoms with E-state index in [4.69, 9.17) is 0 Å². The Bertz CT molecular complexity index is 1280.